The van der Waals surface area contributed by atoms with Crippen molar-refractivity contribution in [1.29, 1.82) is 5.26 Å². The molecule has 8 nitrogen and oxygen atoms in total. The minimum Gasteiger partial charge on any atom is -0.491 e. The normalized spacial score (nSPS) is 16.4. The zero-order valence-corrected chi connectivity index (χ0v) is 22.9. The second kappa shape index (κ2) is 10.0. The van der Waals surface area contributed by atoms with Crippen molar-refractivity contribution in [3.05, 3.63) is 22.3 Å². The van der Waals surface area contributed by atoms with E-state index in [-0.39, 0.29) is 18.9 Å². The molecule has 1 amide bonds. The van der Waals surface area contributed by atoms with E-state index < -0.39 is 13.7 Å². The van der Waals surface area contributed by atoms with Gasteiger partial charge in [-0.25, -0.2) is 9.48 Å². The van der Waals surface area contributed by atoms with E-state index in [1.165, 1.54) is 0 Å². The zero-order valence-electron chi connectivity index (χ0n) is 20.3. The lowest BCUT2D eigenvalue weighted by molar-refractivity contribution is -0.0140. The van der Waals surface area contributed by atoms with Crippen LogP contribution < -0.4 is 4.74 Å². The molecule has 180 valence electrons. The Bertz CT molecular complexity index is 1050. The number of carbonyl (C=O) groups excluding carboxylic acids is 1. The SMILES string of the molecule is CC(C)(C)OC(=O)N1CCC1COc1cc(Br)cc2c1c(C#N)nn2COCC[Si](C)(C)C. The molecule has 0 saturated carbocycles. The largest absolute Gasteiger partial charge is 0.491 e. The quantitative estimate of drug-likeness (QED) is 0.332. The molecule has 33 heavy (non-hydrogen) atoms. The van der Waals surface area contributed by atoms with Crippen LogP contribution in [0.4, 0.5) is 4.79 Å². The van der Waals surface area contributed by atoms with Gasteiger partial charge in [-0.05, 0) is 45.4 Å². The van der Waals surface area contributed by atoms with Crippen LogP contribution in [-0.2, 0) is 16.2 Å². The Morgan fingerprint density at radius 3 is 2.64 bits per heavy atom. The molecule has 0 aliphatic carbocycles. The van der Waals surface area contributed by atoms with Crippen LogP contribution in [0.3, 0.4) is 0 Å². The van der Waals surface area contributed by atoms with Crippen LogP contribution in [0.1, 0.15) is 32.9 Å². The van der Waals surface area contributed by atoms with Gasteiger partial charge in [-0.3, -0.25) is 0 Å². The number of halogens is 1. The zero-order chi connectivity index (χ0) is 24.4. The molecule has 2 heterocycles. The highest BCUT2D eigenvalue weighted by atomic mass is 79.9. The van der Waals surface area contributed by atoms with Gasteiger partial charge < -0.3 is 19.1 Å². The second-order valence-corrected chi connectivity index (χ2v) is 17.1. The standard InChI is InChI=1S/C23H33BrN4O4Si/c1-23(2,3)32-22(29)27-8-7-17(27)14-31-20-12-16(24)11-19-21(20)18(13-25)26-28(19)15-30-9-10-33(4,5)6/h11-12,17H,7-10,14-15H2,1-6H3. The van der Waals surface area contributed by atoms with Crippen LogP contribution in [0.25, 0.3) is 10.9 Å². The number of aromatic nitrogens is 2. The number of nitrogens with zero attached hydrogens (tertiary/aromatic N) is 4. The van der Waals surface area contributed by atoms with E-state index in [1.807, 2.05) is 32.9 Å². The summed E-state index contributed by atoms with van der Waals surface area (Å²) in [5, 5.41) is 14.8. The summed E-state index contributed by atoms with van der Waals surface area (Å²) in [6.45, 7) is 14.4. The second-order valence-electron chi connectivity index (χ2n) is 10.5. The third kappa shape index (κ3) is 6.71. The summed E-state index contributed by atoms with van der Waals surface area (Å²) in [6.07, 6.45) is 0.508. The van der Waals surface area contributed by atoms with Crippen LogP contribution >= 0.6 is 15.9 Å². The van der Waals surface area contributed by atoms with Gasteiger partial charge in [-0.15, -0.1) is 0 Å². The predicted octanol–water partition coefficient (Wildman–Crippen LogP) is 5.37. The third-order valence-electron chi connectivity index (χ3n) is 5.30. The first-order valence-corrected chi connectivity index (χ1v) is 15.7. The number of ether oxygens (including phenoxy) is 3. The first kappa shape index (κ1) is 25.5. The Kier molecular flexibility index (Phi) is 7.76. The number of benzene rings is 1. The van der Waals surface area contributed by atoms with Gasteiger partial charge in [0.2, 0.25) is 0 Å². The molecule has 0 radical (unpaired) electrons. The number of likely N-dealkylation sites (tertiary alicyclic amines) is 1. The van der Waals surface area contributed by atoms with E-state index in [0.717, 1.165) is 22.5 Å². The number of rotatable bonds is 8. The molecule has 10 heteroatoms. The molecule has 1 aliphatic heterocycles. The average molecular weight is 538 g/mol. The van der Waals surface area contributed by atoms with Crippen LogP contribution in [0, 0.1) is 11.3 Å². The molecule has 1 unspecified atom stereocenters. The van der Waals surface area contributed by atoms with Crippen LogP contribution in [0.15, 0.2) is 16.6 Å². The molecular formula is C23H33BrN4O4Si. The number of nitriles is 1. The molecule has 1 aliphatic rings. The van der Waals surface area contributed by atoms with Crippen molar-refractivity contribution < 1.29 is 19.0 Å². The maximum atomic E-state index is 12.4. The summed E-state index contributed by atoms with van der Waals surface area (Å²) in [6, 6.07) is 6.91. The van der Waals surface area contributed by atoms with Crippen molar-refractivity contribution in [3.8, 4) is 11.8 Å². The van der Waals surface area contributed by atoms with E-state index in [1.54, 1.807) is 9.58 Å². The fourth-order valence-corrected chi connectivity index (χ4v) is 4.60. The summed E-state index contributed by atoms with van der Waals surface area (Å²) < 4.78 is 20.0. The third-order valence-corrected chi connectivity index (χ3v) is 7.46. The van der Waals surface area contributed by atoms with Crippen molar-refractivity contribution in [2.45, 2.75) is 71.3 Å². The van der Waals surface area contributed by atoms with E-state index in [2.05, 4.69) is 46.7 Å². The Morgan fingerprint density at radius 2 is 2.06 bits per heavy atom. The number of hydrogen-bond acceptors (Lipinski definition) is 6. The summed E-state index contributed by atoms with van der Waals surface area (Å²) in [4.78, 5) is 14.1. The number of carbonyl (C=O) groups is 1. The molecule has 0 bridgehead atoms. The molecule has 0 spiro atoms. The Balaban J connectivity index is 1.74. The fraction of sp³-hybridized carbons (Fsp3) is 0.609. The van der Waals surface area contributed by atoms with E-state index in [4.69, 9.17) is 14.2 Å². The fourth-order valence-electron chi connectivity index (χ4n) is 3.42. The Hall–Kier alpha value is -2.09. The van der Waals surface area contributed by atoms with Crippen LogP contribution in [0.5, 0.6) is 5.75 Å². The van der Waals surface area contributed by atoms with Crippen LogP contribution in [0.2, 0.25) is 25.7 Å². The molecule has 1 aromatic carbocycles. The Labute approximate surface area is 204 Å². The minimum atomic E-state index is -1.19. The van der Waals surface area contributed by atoms with E-state index >= 15 is 0 Å². The van der Waals surface area contributed by atoms with Gasteiger partial charge in [-0.1, -0.05) is 35.6 Å². The summed E-state index contributed by atoms with van der Waals surface area (Å²) in [5.74, 6) is 0.556. The highest BCUT2D eigenvalue weighted by Crippen LogP contribution is 2.34. The topological polar surface area (TPSA) is 89.6 Å². The number of amides is 1. The van der Waals surface area contributed by atoms with E-state index in [9.17, 15) is 10.1 Å². The van der Waals surface area contributed by atoms with Gasteiger partial charge in [0.1, 0.15) is 30.8 Å². The molecule has 3 rings (SSSR count). The molecular weight excluding hydrogens is 504 g/mol. The van der Waals surface area contributed by atoms with Crippen molar-refractivity contribution in [1.82, 2.24) is 14.7 Å². The van der Waals surface area contributed by atoms with Crippen molar-refractivity contribution in [2.75, 3.05) is 19.8 Å². The molecule has 0 N–H and O–H groups in total. The van der Waals surface area contributed by atoms with Gasteiger partial charge in [-0.2, -0.15) is 10.4 Å². The van der Waals surface area contributed by atoms with Gasteiger partial charge in [0, 0.05) is 25.7 Å². The molecule has 2 aromatic rings. The van der Waals surface area contributed by atoms with Crippen molar-refractivity contribution in [3.63, 3.8) is 0 Å². The molecule has 1 atom stereocenters. The number of fused-ring (bicyclic) bond motifs is 1. The highest BCUT2D eigenvalue weighted by molar-refractivity contribution is 9.10. The van der Waals surface area contributed by atoms with Crippen molar-refractivity contribution >= 4 is 41.0 Å². The molecule has 1 fully saturated rings. The maximum absolute atomic E-state index is 12.4. The monoisotopic (exact) mass is 536 g/mol. The average Bonchev–Trinajstić information content (AvgIpc) is 2.99. The summed E-state index contributed by atoms with van der Waals surface area (Å²) in [7, 11) is -1.19. The summed E-state index contributed by atoms with van der Waals surface area (Å²) >= 11 is 3.54. The van der Waals surface area contributed by atoms with E-state index in [0.29, 0.717) is 36.6 Å². The first-order chi connectivity index (χ1) is 15.4. The predicted molar refractivity (Wildman–Crippen MR) is 133 cm³/mol. The van der Waals surface area contributed by atoms with Gasteiger partial charge in [0.15, 0.2) is 5.69 Å². The Morgan fingerprint density at radius 1 is 1.33 bits per heavy atom. The molecule has 1 aromatic heterocycles. The van der Waals surface area contributed by atoms with Gasteiger partial charge in [0.05, 0.1) is 16.9 Å². The lowest BCUT2D eigenvalue weighted by Gasteiger charge is -2.41. The number of hydrogen-bond donors (Lipinski definition) is 0. The smallest absolute Gasteiger partial charge is 0.410 e. The molecule has 1 saturated heterocycles. The lowest BCUT2D eigenvalue weighted by atomic mass is 10.1. The van der Waals surface area contributed by atoms with Crippen LogP contribution in [-0.4, -0.2) is 60.2 Å². The summed E-state index contributed by atoms with van der Waals surface area (Å²) in [5.41, 5.74) is 0.516. The van der Waals surface area contributed by atoms with Gasteiger partial charge in [0.25, 0.3) is 0 Å². The maximum Gasteiger partial charge on any atom is 0.410 e. The first-order valence-electron chi connectivity index (χ1n) is 11.2. The minimum absolute atomic E-state index is 0.0700. The highest BCUT2D eigenvalue weighted by Gasteiger charge is 2.36. The lowest BCUT2D eigenvalue weighted by Crippen LogP contribution is -2.55. The van der Waals surface area contributed by atoms with Crippen molar-refractivity contribution in [2.24, 2.45) is 0 Å². The van der Waals surface area contributed by atoms with Gasteiger partial charge >= 0.3 is 6.09 Å².